The number of para-hydroxylation sites is 1. The van der Waals surface area contributed by atoms with Gasteiger partial charge in [0.25, 0.3) is 0 Å². The van der Waals surface area contributed by atoms with Gasteiger partial charge in [-0.05, 0) is 60.5 Å². The van der Waals surface area contributed by atoms with Gasteiger partial charge in [0.05, 0.1) is 12.7 Å². The number of methoxy groups -OCH3 is 1. The highest BCUT2D eigenvalue weighted by molar-refractivity contribution is 6.12. The molecule has 2 heterocycles. The molecule has 0 saturated carbocycles. The number of carbonyl (C=O) groups is 1. The first-order chi connectivity index (χ1) is 15.6. The van der Waals surface area contributed by atoms with E-state index < -0.39 is 0 Å². The van der Waals surface area contributed by atoms with Crippen LogP contribution in [-0.4, -0.2) is 19.0 Å². The van der Waals surface area contributed by atoms with Crippen LogP contribution in [0.15, 0.2) is 84.1 Å². The highest BCUT2D eigenvalue weighted by Crippen LogP contribution is 2.36. The van der Waals surface area contributed by atoms with Crippen LogP contribution < -0.4 is 18.9 Å². The summed E-state index contributed by atoms with van der Waals surface area (Å²) in [5, 5.41) is 0. The molecule has 3 aromatic rings. The molecule has 32 heavy (non-hydrogen) atoms. The second-order valence-corrected chi connectivity index (χ2v) is 7.68. The summed E-state index contributed by atoms with van der Waals surface area (Å²) in [6.07, 6.45) is 3.61. The van der Waals surface area contributed by atoms with Crippen molar-refractivity contribution in [2.24, 2.45) is 0 Å². The minimum atomic E-state index is -0.180. The third kappa shape index (κ3) is 3.85. The first-order valence-corrected chi connectivity index (χ1v) is 10.4. The summed E-state index contributed by atoms with van der Waals surface area (Å²) in [6, 6.07) is 20.8. The Labute approximate surface area is 186 Å². The van der Waals surface area contributed by atoms with Crippen molar-refractivity contribution in [1.82, 2.24) is 0 Å². The molecule has 0 saturated heterocycles. The lowest BCUT2D eigenvalue weighted by atomic mass is 10.0. The van der Waals surface area contributed by atoms with E-state index >= 15 is 0 Å². The van der Waals surface area contributed by atoms with E-state index in [9.17, 15) is 4.79 Å². The molecule has 5 nitrogen and oxygen atoms in total. The number of carbonyl (C=O) groups excluding carboxylic acids is 1. The van der Waals surface area contributed by atoms with E-state index in [-0.39, 0.29) is 17.6 Å². The summed E-state index contributed by atoms with van der Waals surface area (Å²) in [5.41, 5.74) is 3.41. The highest BCUT2D eigenvalue weighted by Gasteiger charge is 2.29. The zero-order chi connectivity index (χ0) is 22.1. The number of allylic oxidation sites excluding steroid dienone is 1. The molecule has 0 radical (unpaired) electrons. The smallest absolute Gasteiger partial charge is 0.231 e. The van der Waals surface area contributed by atoms with E-state index in [1.165, 1.54) is 0 Å². The van der Waals surface area contributed by atoms with Crippen molar-refractivity contribution in [3.63, 3.8) is 0 Å². The molecule has 0 amide bonds. The van der Waals surface area contributed by atoms with Gasteiger partial charge in [-0.2, -0.15) is 0 Å². The van der Waals surface area contributed by atoms with Crippen molar-refractivity contribution in [3.8, 4) is 23.0 Å². The molecule has 0 spiro atoms. The van der Waals surface area contributed by atoms with Crippen molar-refractivity contribution < 1.29 is 23.7 Å². The standard InChI is InChI=1S/C27H22O5/c1-17-20(13-19-5-3-4-6-24(19)31-17)14-26-27(28)23-12-11-22(15-25(23)32-26)30-16-18-7-9-21(29-2)10-8-18/h3-15,17H,16H2,1-2H3/t17-/m1/s1. The van der Waals surface area contributed by atoms with E-state index in [0.717, 1.165) is 28.2 Å². The Hall–Kier alpha value is -3.99. The SMILES string of the molecule is COc1ccc(COc2ccc3c(c2)OC(=CC2=Cc4ccccc4O[C@@H]2C)C3=O)cc1. The number of fused-ring (bicyclic) bond motifs is 2. The number of Topliss-reactive ketones (excluding diaryl/α,β-unsaturated/α-hetero) is 1. The Morgan fingerprint density at radius 1 is 0.969 bits per heavy atom. The van der Waals surface area contributed by atoms with Crippen LogP contribution in [0.2, 0.25) is 0 Å². The second-order valence-electron chi connectivity index (χ2n) is 7.68. The Balaban J connectivity index is 1.33. The molecule has 2 aliphatic heterocycles. The lowest BCUT2D eigenvalue weighted by molar-refractivity contribution is 0.101. The van der Waals surface area contributed by atoms with Crippen molar-refractivity contribution in [3.05, 3.63) is 101 Å². The average Bonchev–Trinajstić information content (AvgIpc) is 3.13. The summed E-state index contributed by atoms with van der Waals surface area (Å²) < 4.78 is 22.9. The number of hydrogen-bond acceptors (Lipinski definition) is 5. The van der Waals surface area contributed by atoms with E-state index in [4.69, 9.17) is 18.9 Å². The number of rotatable bonds is 5. The molecule has 0 N–H and O–H groups in total. The van der Waals surface area contributed by atoms with Crippen molar-refractivity contribution in [2.75, 3.05) is 7.11 Å². The molecule has 2 aliphatic rings. The summed E-state index contributed by atoms with van der Waals surface area (Å²) in [4.78, 5) is 12.9. The molecule has 0 fully saturated rings. The van der Waals surface area contributed by atoms with Gasteiger partial charge in [-0.3, -0.25) is 4.79 Å². The number of ether oxygens (including phenoxy) is 4. The summed E-state index contributed by atoms with van der Waals surface area (Å²) in [5.74, 6) is 2.91. The van der Waals surface area contributed by atoms with E-state index in [1.807, 2.05) is 61.5 Å². The third-order valence-electron chi connectivity index (χ3n) is 5.52. The molecule has 1 atom stereocenters. The quantitative estimate of drug-likeness (QED) is 0.497. The van der Waals surface area contributed by atoms with Crippen LogP contribution >= 0.6 is 0 Å². The predicted molar refractivity (Wildman–Crippen MR) is 121 cm³/mol. The zero-order valence-corrected chi connectivity index (χ0v) is 17.8. The fourth-order valence-electron chi connectivity index (χ4n) is 3.72. The normalized spacial score (nSPS) is 17.7. The summed E-state index contributed by atoms with van der Waals surface area (Å²) >= 11 is 0. The van der Waals surface area contributed by atoms with Gasteiger partial charge >= 0.3 is 0 Å². The summed E-state index contributed by atoms with van der Waals surface area (Å²) in [7, 11) is 1.64. The lowest BCUT2D eigenvalue weighted by Crippen LogP contribution is -2.18. The van der Waals surface area contributed by atoms with Crippen LogP contribution in [0.4, 0.5) is 0 Å². The zero-order valence-electron chi connectivity index (χ0n) is 17.8. The number of ketones is 1. The van der Waals surface area contributed by atoms with Crippen LogP contribution in [0.25, 0.3) is 6.08 Å². The topological polar surface area (TPSA) is 54.0 Å². The van der Waals surface area contributed by atoms with Gasteiger partial charge in [0.15, 0.2) is 5.76 Å². The molecular weight excluding hydrogens is 404 g/mol. The molecular formula is C27H22O5. The van der Waals surface area contributed by atoms with E-state index in [1.54, 1.807) is 31.4 Å². The van der Waals surface area contributed by atoms with Gasteiger partial charge in [-0.15, -0.1) is 0 Å². The molecule has 5 heteroatoms. The highest BCUT2D eigenvalue weighted by atomic mass is 16.5. The molecule has 3 aromatic carbocycles. The van der Waals surface area contributed by atoms with Crippen molar-refractivity contribution in [1.29, 1.82) is 0 Å². The molecule has 0 unspecified atom stereocenters. The molecule has 0 bridgehead atoms. The van der Waals surface area contributed by atoms with Crippen LogP contribution in [0.3, 0.4) is 0 Å². The van der Waals surface area contributed by atoms with Crippen LogP contribution in [-0.2, 0) is 6.61 Å². The Bertz CT molecular complexity index is 1240. The molecule has 0 aromatic heterocycles. The number of benzene rings is 3. The maximum atomic E-state index is 12.9. The fourth-order valence-corrected chi connectivity index (χ4v) is 3.72. The van der Waals surface area contributed by atoms with Gasteiger partial charge in [-0.25, -0.2) is 0 Å². The van der Waals surface area contributed by atoms with Crippen LogP contribution in [0.1, 0.15) is 28.4 Å². The van der Waals surface area contributed by atoms with Crippen molar-refractivity contribution >= 4 is 11.9 Å². The Kier molecular flexibility index (Phi) is 5.15. The fraction of sp³-hybridized carbons (Fsp3) is 0.148. The Morgan fingerprint density at radius 3 is 2.56 bits per heavy atom. The van der Waals surface area contributed by atoms with Crippen molar-refractivity contribution in [2.45, 2.75) is 19.6 Å². The minimum absolute atomic E-state index is 0.145. The van der Waals surface area contributed by atoms with Gasteiger partial charge in [0.1, 0.15) is 35.7 Å². The first-order valence-electron chi connectivity index (χ1n) is 10.4. The monoisotopic (exact) mass is 426 g/mol. The van der Waals surface area contributed by atoms with Gasteiger partial charge in [0, 0.05) is 11.6 Å². The average molecular weight is 426 g/mol. The maximum absolute atomic E-state index is 12.9. The molecule has 160 valence electrons. The molecule has 5 rings (SSSR count). The minimum Gasteiger partial charge on any atom is -0.497 e. The van der Waals surface area contributed by atoms with Gasteiger partial charge in [0.2, 0.25) is 5.78 Å². The predicted octanol–water partition coefficient (Wildman–Crippen LogP) is 5.60. The maximum Gasteiger partial charge on any atom is 0.231 e. The van der Waals surface area contributed by atoms with Gasteiger partial charge < -0.3 is 18.9 Å². The van der Waals surface area contributed by atoms with E-state index in [2.05, 4.69) is 0 Å². The Morgan fingerprint density at radius 2 is 1.75 bits per heavy atom. The van der Waals surface area contributed by atoms with Crippen LogP contribution in [0, 0.1) is 0 Å². The third-order valence-corrected chi connectivity index (χ3v) is 5.52. The number of hydrogen-bond donors (Lipinski definition) is 0. The summed E-state index contributed by atoms with van der Waals surface area (Å²) in [6.45, 7) is 2.36. The van der Waals surface area contributed by atoms with Crippen LogP contribution in [0.5, 0.6) is 23.0 Å². The second kappa shape index (κ2) is 8.27. The lowest BCUT2D eigenvalue weighted by Gasteiger charge is -2.22. The largest absolute Gasteiger partial charge is 0.497 e. The molecule has 0 aliphatic carbocycles. The van der Waals surface area contributed by atoms with E-state index in [0.29, 0.717) is 23.7 Å². The van der Waals surface area contributed by atoms with Gasteiger partial charge in [-0.1, -0.05) is 30.3 Å². The first kappa shape index (κ1) is 19.9.